The molecule has 3 rings (SSSR count). The number of nitrogens with one attached hydrogen (secondary N) is 2. The van der Waals surface area contributed by atoms with Gasteiger partial charge in [-0.1, -0.05) is 23.5 Å². The second-order valence-corrected chi connectivity index (χ2v) is 6.44. The number of anilines is 3. The zero-order chi connectivity index (χ0) is 16.2. The molecule has 1 saturated heterocycles. The number of nitrogens with zero attached hydrogens (tertiary/aromatic N) is 3. The summed E-state index contributed by atoms with van der Waals surface area (Å²) in [6.45, 7) is 3.12. The first-order valence-corrected chi connectivity index (χ1v) is 8.38. The van der Waals surface area contributed by atoms with E-state index in [1.54, 1.807) is 12.1 Å². The van der Waals surface area contributed by atoms with Gasteiger partial charge >= 0.3 is 6.03 Å². The normalized spacial score (nSPS) is 17.8. The first kappa shape index (κ1) is 15.7. The van der Waals surface area contributed by atoms with E-state index in [-0.39, 0.29) is 5.69 Å². The van der Waals surface area contributed by atoms with Crippen LogP contribution in [-0.4, -0.2) is 28.8 Å². The van der Waals surface area contributed by atoms with E-state index in [1.807, 2.05) is 0 Å². The minimum absolute atomic E-state index is 0.124. The van der Waals surface area contributed by atoms with Crippen LogP contribution < -0.4 is 15.5 Å². The molecule has 6 nitrogen and oxygen atoms in total. The highest BCUT2D eigenvalue weighted by Gasteiger charge is 2.22. The van der Waals surface area contributed by atoms with Crippen LogP contribution in [0.5, 0.6) is 0 Å². The van der Waals surface area contributed by atoms with Crippen molar-refractivity contribution in [1.82, 2.24) is 10.2 Å². The SMILES string of the molecule is C[C@H]1CCCCN1c1nnc(NC(=O)Nc2ccccc2F)s1. The van der Waals surface area contributed by atoms with Crippen molar-refractivity contribution in [2.24, 2.45) is 0 Å². The van der Waals surface area contributed by atoms with E-state index in [9.17, 15) is 9.18 Å². The summed E-state index contributed by atoms with van der Waals surface area (Å²) in [5.41, 5.74) is 0.124. The van der Waals surface area contributed by atoms with E-state index >= 15 is 0 Å². The molecule has 2 aromatic rings. The van der Waals surface area contributed by atoms with Crippen molar-refractivity contribution >= 4 is 33.3 Å². The Labute approximate surface area is 137 Å². The lowest BCUT2D eigenvalue weighted by Crippen LogP contribution is -2.37. The largest absolute Gasteiger partial charge is 0.344 e. The van der Waals surface area contributed by atoms with Crippen LogP contribution >= 0.6 is 11.3 Å². The van der Waals surface area contributed by atoms with Gasteiger partial charge < -0.3 is 10.2 Å². The van der Waals surface area contributed by atoms with E-state index in [4.69, 9.17) is 0 Å². The third-order valence-corrected chi connectivity index (χ3v) is 4.68. The molecule has 0 saturated carbocycles. The molecule has 1 atom stereocenters. The number of carbonyl (C=O) groups is 1. The number of aromatic nitrogens is 2. The molecule has 2 heterocycles. The van der Waals surface area contributed by atoms with Crippen molar-refractivity contribution < 1.29 is 9.18 Å². The number of benzene rings is 1. The van der Waals surface area contributed by atoms with Gasteiger partial charge in [0.05, 0.1) is 5.69 Å². The van der Waals surface area contributed by atoms with E-state index in [0.29, 0.717) is 11.2 Å². The first-order chi connectivity index (χ1) is 11.1. The molecule has 0 bridgehead atoms. The summed E-state index contributed by atoms with van der Waals surface area (Å²) < 4.78 is 13.5. The van der Waals surface area contributed by atoms with Gasteiger partial charge in [-0.3, -0.25) is 5.32 Å². The van der Waals surface area contributed by atoms with Gasteiger partial charge in [0, 0.05) is 12.6 Å². The standard InChI is InChI=1S/C15H18FN5OS/c1-10-6-4-5-9-21(10)15-20-19-14(23-15)18-13(22)17-12-8-3-2-7-11(12)16/h2-3,7-8,10H,4-6,9H2,1H3,(H2,17,18,19,22)/t10-/m0/s1. The minimum Gasteiger partial charge on any atom is -0.344 e. The Morgan fingerprint density at radius 3 is 2.91 bits per heavy atom. The van der Waals surface area contributed by atoms with E-state index < -0.39 is 11.8 Å². The van der Waals surface area contributed by atoms with Crippen LogP contribution in [0.4, 0.5) is 25.1 Å². The van der Waals surface area contributed by atoms with Crippen LogP contribution in [0.2, 0.25) is 0 Å². The van der Waals surface area contributed by atoms with Crippen molar-refractivity contribution in [2.45, 2.75) is 32.2 Å². The molecule has 1 aliphatic rings. The molecule has 122 valence electrons. The number of para-hydroxylation sites is 1. The van der Waals surface area contributed by atoms with E-state index in [0.717, 1.165) is 24.5 Å². The minimum atomic E-state index is -0.538. The number of piperidine rings is 1. The van der Waals surface area contributed by atoms with Crippen molar-refractivity contribution in [1.29, 1.82) is 0 Å². The van der Waals surface area contributed by atoms with Gasteiger partial charge in [-0.15, -0.1) is 10.2 Å². The summed E-state index contributed by atoms with van der Waals surface area (Å²) in [7, 11) is 0. The molecule has 1 aromatic heterocycles. The number of hydrogen-bond donors (Lipinski definition) is 2. The van der Waals surface area contributed by atoms with Crippen LogP contribution in [0.3, 0.4) is 0 Å². The third kappa shape index (κ3) is 3.76. The van der Waals surface area contributed by atoms with Crippen LogP contribution in [-0.2, 0) is 0 Å². The molecule has 1 aliphatic heterocycles. The summed E-state index contributed by atoms with van der Waals surface area (Å²) in [5, 5.41) is 14.4. The average Bonchev–Trinajstić information content (AvgIpc) is 2.98. The van der Waals surface area contributed by atoms with E-state index in [2.05, 4.69) is 32.7 Å². The summed E-state index contributed by atoms with van der Waals surface area (Å²) in [4.78, 5) is 14.1. The van der Waals surface area contributed by atoms with Gasteiger partial charge in [0.25, 0.3) is 0 Å². The average molecular weight is 335 g/mol. The smallest absolute Gasteiger partial charge is 0.325 e. The van der Waals surface area contributed by atoms with Crippen molar-refractivity contribution in [3.05, 3.63) is 30.1 Å². The quantitative estimate of drug-likeness (QED) is 0.897. The highest BCUT2D eigenvalue weighted by molar-refractivity contribution is 7.19. The number of halogens is 1. The summed E-state index contributed by atoms with van der Waals surface area (Å²) in [5.74, 6) is -0.484. The molecule has 0 radical (unpaired) electrons. The molecule has 2 N–H and O–H groups in total. The van der Waals surface area contributed by atoms with Gasteiger partial charge in [-0.25, -0.2) is 9.18 Å². The number of urea groups is 1. The second kappa shape index (κ2) is 6.91. The Morgan fingerprint density at radius 1 is 1.30 bits per heavy atom. The van der Waals surface area contributed by atoms with Crippen LogP contribution in [0.1, 0.15) is 26.2 Å². The maximum absolute atomic E-state index is 13.5. The fraction of sp³-hybridized carbons (Fsp3) is 0.400. The molecule has 23 heavy (non-hydrogen) atoms. The molecule has 1 aromatic carbocycles. The lowest BCUT2D eigenvalue weighted by molar-refractivity contribution is 0.262. The molecule has 2 amide bonds. The summed E-state index contributed by atoms with van der Waals surface area (Å²) in [6.07, 6.45) is 3.50. The van der Waals surface area contributed by atoms with Crippen LogP contribution in [0.25, 0.3) is 0 Å². The third-order valence-electron chi connectivity index (χ3n) is 3.81. The first-order valence-electron chi connectivity index (χ1n) is 7.56. The van der Waals surface area contributed by atoms with Gasteiger partial charge in [-0.2, -0.15) is 0 Å². The fourth-order valence-corrected chi connectivity index (χ4v) is 3.45. The second-order valence-electron chi connectivity index (χ2n) is 5.49. The Hall–Kier alpha value is -2.22. The predicted octanol–water partition coefficient (Wildman–Crippen LogP) is 3.70. The summed E-state index contributed by atoms with van der Waals surface area (Å²) >= 11 is 1.32. The fourth-order valence-electron chi connectivity index (χ4n) is 2.58. The maximum Gasteiger partial charge on any atom is 0.325 e. The number of carbonyl (C=O) groups excluding carboxylic acids is 1. The van der Waals surface area contributed by atoms with Gasteiger partial charge in [0.1, 0.15) is 5.82 Å². The molecule has 1 fully saturated rings. The Morgan fingerprint density at radius 2 is 2.13 bits per heavy atom. The highest BCUT2D eigenvalue weighted by atomic mass is 32.1. The topological polar surface area (TPSA) is 70.2 Å². The zero-order valence-corrected chi connectivity index (χ0v) is 13.6. The molecule has 0 unspecified atom stereocenters. The predicted molar refractivity (Wildman–Crippen MR) is 89.6 cm³/mol. The van der Waals surface area contributed by atoms with Crippen molar-refractivity contribution in [3.8, 4) is 0 Å². The van der Waals surface area contributed by atoms with Crippen molar-refractivity contribution in [2.75, 3.05) is 22.1 Å². The maximum atomic E-state index is 13.5. The Bertz CT molecular complexity index is 692. The number of amides is 2. The zero-order valence-electron chi connectivity index (χ0n) is 12.8. The van der Waals surface area contributed by atoms with Crippen LogP contribution in [0, 0.1) is 5.82 Å². The monoisotopic (exact) mass is 335 g/mol. The van der Waals surface area contributed by atoms with Crippen molar-refractivity contribution in [3.63, 3.8) is 0 Å². The van der Waals surface area contributed by atoms with Gasteiger partial charge in [0.15, 0.2) is 0 Å². The van der Waals surface area contributed by atoms with Crippen LogP contribution in [0.15, 0.2) is 24.3 Å². The van der Waals surface area contributed by atoms with Gasteiger partial charge in [0.2, 0.25) is 10.3 Å². The molecule has 0 spiro atoms. The highest BCUT2D eigenvalue weighted by Crippen LogP contribution is 2.29. The number of hydrogen-bond acceptors (Lipinski definition) is 5. The lowest BCUT2D eigenvalue weighted by Gasteiger charge is -2.32. The Kier molecular flexibility index (Phi) is 4.71. The number of rotatable bonds is 3. The summed E-state index contributed by atoms with van der Waals surface area (Å²) in [6, 6.07) is 5.89. The van der Waals surface area contributed by atoms with E-state index in [1.165, 1.54) is 29.9 Å². The van der Waals surface area contributed by atoms with Gasteiger partial charge in [-0.05, 0) is 38.3 Å². The molecule has 8 heteroatoms. The molecular weight excluding hydrogens is 317 g/mol. The Balaban J connectivity index is 1.62. The lowest BCUT2D eigenvalue weighted by atomic mass is 10.1. The molecular formula is C15H18FN5OS. The molecule has 0 aliphatic carbocycles.